The van der Waals surface area contributed by atoms with E-state index in [0.29, 0.717) is 25.7 Å². The van der Waals surface area contributed by atoms with Crippen molar-refractivity contribution in [3.63, 3.8) is 0 Å². The molecule has 0 atom stereocenters. The van der Waals surface area contributed by atoms with E-state index in [4.69, 9.17) is 15.2 Å². The van der Waals surface area contributed by atoms with Crippen LogP contribution in [0.1, 0.15) is 20.3 Å². The number of benzene rings is 1. The lowest BCUT2D eigenvalue weighted by Crippen LogP contribution is -2.32. The Morgan fingerprint density at radius 3 is 2.73 bits per heavy atom. The molecule has 1 saturated heterocycles. The number of rotatable bonds is 8. The van der Waals surface area contributed by atoms with E-state index >= 15 is 0 Å². The third-order valence-electron chi connectivity index (χ3n) is 4.34. The van der Waals surface area contributed by atoms with Crippen molar-refractivity contribution in [1.82, 2.24) is 9.80 Å². The summed E-state index contributed by atoms with van der Waals surface area (Å²) in [4.78, 5) is 9.29. The monoisotopic (exact) mass is 363 g/mol. The normalized spacial score (nSPS) is 17.0. The van der Waals surface area contributed by atoms with Gasteiger partial charge in [-0.2, -0.15) is 0 Å². The van der Waals surface area contributed by atoms with Crippen molar-refractivity contribution >= 4 is 11.6 Å². The molecule has 1 fully saturated rings. The minimum Gasteiger partial charge on any atom is -0.494 e. The predicted molar refractivity (Wildman–Crippen MR) is 107 cm³/mol. The molecule has 2 rings (SSSR count). The average Bonchev–Trinajstić information content (AvgIpc) is 2.82. The van der Waals surface area contributed by atoms with Crippen LogP contribution in [0.2, 0.25) is 0 Å². The van der Waals surface area contributed by atoms with Gasteiger partial charge in [0, 0.05) is 25.7 Å². The quantitative estimate of drug-likeness (QED) is 0.542. The summed E-state index contributed by atoms with van der Waals surface area (Å²) >= 11 is 0. The van der Waals surface area contributed by atoms with Gasteiger partial charge < -0.3 is 30.3 Å². The Kier molecular flexibility index (Phi) is 8.50. The molecule has 1 aliphatic heterocycles. The van der Waals surface area contributed by atoms with Gasteiger partial charge in [-0.1, -0.05) is 0 Å². The number of guanidine groups is 1. The molecule has 146 valence electrons. The molecule has 1 aromatic carbocycles. The fourth-order valence-electron chi connectivity index (χ4n) is 2.96. The molecule has 1 heterocycles. The van der Waals surface area contributed by atoms with E-state index in [1.54, 1.807) is 0 Å². The van der Waals surface area contributed by atoms with E-state index in [9.17, 15) is 0 Å². The number of nitrogens with two attached hydrogens (primary N) is 1. The molecule has 0 spiro atoms. The molecular weight excluding hydrogens is 330 g/mol. The second-order valence-corrected chi connectivity index (χ2v) is 6.41. The first-order valence-electron chi connectivity index (χ1n) is 9.49. The lowest BCUT2D eigenvalue weighted by molar-refractivity contribution is 0.283. The topological polar surface area (TPSA) is 75.3 Å². The summed E-state index contributed by atoms with van der Waals surface area (Å²) < 4.78 is 11.2. The van der Waals surface area contributed by atoms with E-state index in [1.165, 1.54) is 13.0 Å². The summed E-state index contributed by atoms with van der Waals surface area (Å²) in [5, 5.41) is 3.15. The highest BCUT2D eigenvalue weighted by atomic mass is 16.5. The van der Waals surface area contributed by atoms with Gasteiger partial charge in [0.15, 0.2) is 5.96 Å². The van der Waals surface area contributed by atoms with Gasteiger partial charge in [0.25, 0.3) is 0 Å². The molecule has 0 amide bonds. The molecule has 26 heavy (non-hydrogen) atoms. The lowest BCUT2D eigenvalue weighted by atomic mass is 10.2. The van der Waals surface area contributed by atoms with Crippen LogP contribution in [-0.4, -0.2) is 75.3 Å². The first kappa shape index (κ1) is 20.3. The van der Waals surface area contributed by atoms with Gasteiger partial charge in [0.2, 0.25) is 0 Å². The zero-order valence-corrected chi connectivity index (χ0v) is 16.3. The zero-order chi connectivity index (χ0) is 18.8. The second kappa shape index (κ2) is 10.9. The number of nitrogens with one attached hydrogen (secondary N) is 1. The Labute approximate surface area is 157 Å². The lowest BCUT2D eigenvalue weighted by Gasteiger charge is -2.19. The van der Waals surface area contributed by atoms with Crippen LogP contribution in [0, 0.1) is 0 Å². The molecule has 0 aromatic heterocycles. The molecule has 1 aromatic rings. The highest BCUT2D eigenvalue weighted by Crippen LogP contribution is 2.29. The predicted octanol–water partition coefficient (Wildman–Crippen LogP) is 1.85. The summed E-state index contributed by atoms with van der Waals surface area (Å²) in [5.41, 5.74) is 6.85. The first-order valence-corrected chi connectivity index (χ1v) is 9.49. The second-order valence-electron chi connectivity index (χ2n) is 6.41. The van der Waals surface area contributed by atoms with Crippen molar-refractivity contribution in [3.8, 4) is 11.5 Å². The smallest absolute Gasteiger partial charge is 0.193 e. The third kappa shape index (κ3) is 6.72. The molecule has 3 N–H and O–H groups in total. The van der Waals surface area contributed by atoms with Crippen molar-refractivity contribution in [2.75, 3.05) is 64.8 Å². The van der Waals surface area contributed by atoms with Crippen molar-refractivity contribution in [2.45, 2.75) is 20.3 Å². The molecule has 7 heteroatoms. The van der Waals surface area contributed by atoms with Crippen LogP contribution in [0.5, 0.6) is 11.5 Å². The fraction of sp³-hybridized carbons (Fsp3) is 0.632. The SMILES string of the molecule is CCOc1ccc(OCC)c(NC(N)=NCCN2CCCN(C)CC2)c1. The Morgan fingerprint density at radius 2 is 1.96 bits per heavy atom. The molecule has 0 saturated carbocycles. The maximum Gasteiger partial charge on any atom is 0.193 e. The van der Waals surface area contributed by atoms with E-state index < -0.39 is 0 Å². The number of anilines is 1. The van der Waals surface area contributed by atoms with Crippen molar-refractivity contribution in [3.05, 3.63) is 18.2 Å². The van der Waals surface area contributed by atoms with Gasteiger partial charge in [-0.15, -0.1) is 0 Å². The summed E-state index contributed by atoms with van der Waals surface area (Å²) in [5.74, 6) is 1.91. The largest absolute Gasteiger partial charge is 0.494 e. The minimum absolute atomic E-state index is 0.395. The first-order chi connectivity index (χ1) is 12.6. The number of hydrogen-bond donors (Lipinski definition) is 2. The van der Waals surface area contributed by atoms with Gasteiger partial charge in [0.05, 0.1) is 25.4 Å². The standard InChI is InChI=1S/C19H33N5O2/c1-4-25-16-7-8-18(26-5-2)17(15-16)22-19(20)21-9-12-24-11-6-10-23(3)13-14-24/h7-8,15H,4-6,9-14H2,1-3H3,(H3,20,21,22). The molecule has 0 bridgehead atoms. The van der Waals surface area contributed by atoms with Gasteiger partial charge in [0.1, 0.15) is 11.5 Å². The molecular formula is C19H33N5O2. The van der Waals surface area contributed by atoms with Gasteiger partial charge >= 0.3 is 0 Å². The summed E-state index contributed by atoms with van der Waals surface area (Å²) in [7, 11) is 2.18. The highest BCUT2D eigenvalue weighted by Gasteiger charge is 2.11. The Bertz CT molecular complexity index is 579. The maximum absolute atomic E-state index is 6.08. The van der Waals surface area contributed by atoms with E-state index in [0.717, 1.165) is 43.4 Å². The van der Waals surface area contributed by atoms with Crippen LogP contribution in [0.25, 0.3) is 0 Å². The van der Waals surface area contributed by atoms with Crippen molar-refractivity contribution in [1.29, 1.82) is 0 Å². The average molecular weight is 364 g/mol. The van der Waals surface area contributed by atoms with Gasteiger partial charge in [-0.25, -0.2) is 0 Å². The van der Waals surface area contributed by atoms with Crippen LogP contribution in [0.3, 0.4) is 0 Å². The minimum atomic E-state index is 0.395. The summed E-state index contributed by atoms with van der Waals surface area (Å²) in [6.45, 7) is 11.2. The van der Waals surface area contributed by atoms with Gasteiger partial charge in [-0.05, 0) is 52.5 Å². The number of hydrogen-bond acceptors (Lipinski definition) is 5. The Morgan fingerprint density at radius 1 is 1.15 bits per heavy atom. The van der Waals surface area contributed by atoms with Crippen LogP contribution in [0.4, 0.5) is 5.69 Å². The summed E-state index contributed by atoms with van der Waals surface area (Å²) in [6.07, 6.45) is 1.20. The Hall–Kier alpha value is -1.99. The Balaban J connectivity index is 1.91. The van der Waals surface area contributed by atoms with Crippen LogP contribution in [0.15, 0.2) is 23.2 Å². The molecule has 0 aliphatic carbocycles. The van der Waals surface area contributed by atoms with Crippen LogP contribution in [-0.2, 0) is 0 Å². The zero-order valence-electron chi connectivity index (χ0n) is 16.3. The number of nitrogens with zero attached hydrogens (tertiary/aromatic N) is 3. The van der Waals surface area contributed by atoms with Crippen LogP contribution < -0.4 is 20.5 Å². The molecule has 0 unspecified atom stereocenters. The molecule has 1 aliphatic rings. The van der Waals surface area contributed by atoms with E-state index in [1.807, 2.05) is 32.0 Å². The fourth-order valence-corrected chi connectivity index (χ4v) is 2.96. The highest BCUT2D eigenvalue weighted by molar-refractivity contribution is 5.94. The number of ether oxygens (including phenoxy) is 2. The van der Waals surface area contributed by atoms with E-state index in [-0.39, 0.29) is 0 Å². The number of likely N-dealkylation sites (N-methyl/N-ethyl adjacent to an activating group) is 1. The summed E-state index contributed by atoms with van der Waals surface area (Å²) in [6, 6.07) is 5.67. The van der Waals surface area contributed by atoms with Crippen molar-refractivity contribution in [2.24, 2.45) is 10.7 Å². The van der Waals surface area contributed by atoms with Crippen LogP contribution >= 0.6 is 0 Å². The maximum atomic E-state index is 6.08. The van der Waals surface area contributed by atoms with Gasteiger partial charge in [-0.3, -0.25) is 4.99 Å². The third-order valence-corrected chi connectivity index (χ3v) is 4.34. The van der Waals surface area contributed by atoms with Crippen molar-refractivity contribution < 1.29 is 9.47 Å². The van der Waals surface area contributed by atoms with E-state index in [2.05, 4.69) is 27.2 Å². The molecule has 0 radical (unpaired) electrons. The number of aliphatic imine (C=N–C) groups is 1. The molecule has 7 nitrogen and oxygen atoms in total.